The van der Waals surface area contributed by atoms with Gasteiger partial charge in [-0.3, -0.25) is 9.59 Å². The van der Waals surface area contributed by atoms with Crippen molar-refractivity contribution in [3.8, 4) is 5.75 Å². The molecule has 0 bridgehead atoms. The van der Waals surface area contributed by atoms with E-state index in [1.807, 2.05) is 30.3 Å². The Kier molecular flexibility index (Phi) is 9.47. The normalized spacial score (nSPS) is 33.3. The molecule has 1 aromatic rings. The first kappa shape index (κ1) is 30.5. The van der Waals surface area contributed by atoms with Crippen molar-refractivity contribution >= 4 is 40.8 Å². The quantitative estimate of drug-likeness (QED) is 0.278. The number of fused-ring (bicyclic) bond motifs is 5. The molecule has 1 aromatic carbocycles. The summed E-state index contributed by atoms with van der Waals surface area (Å²) in [6, 6.07) is 6.81. The monoisotopic (exact) mass is 605 g/mol. The molecule has 4 aliphatic rings. The SMILES string of the molecule is C[C@]12CC[C@H]3[C@@H](CCC4=CC(=O)NCC[C@@]43C)[C@@H]1CC[C@@H]2OC(=O)[C@@H](N)COc1ccc(N(CCCl)CCCl)cc1. The lowest BCUT2D eigenvalue weighted by molar-refractivity contribution is -0.162. The number of allylic oxidation sites excluding steroid dienone is 1. The average molecular weight is 607 g/mol. The topological polar surface area (TPSA) is 93.9 Å². The Morgan fingerprint density at radius 1 is 1.07 bits per heavy atom. The molecule has 7 atom stereocenters. The predicted molar refractivity (Wildman–Crippen MR) is 164 cm³/mol. The van der Waals surface area contributed by atoms with Gasteiger partial charge in [-0.25, -0.2) is 0 Å². The van der Waals surface area contributed by atoms with E-state index in [1.54, 1.807) is 0 Å². The van der Waals surface area contributed by atoms with Crippen LogP contribution in [0.5, 0.6) is 5.75 Å². The maximum absolute atomic E-state index is 13.1. The average Bonchev–Trinajstić information content (AvgIpc) is 3.20. The summed E-state index contributed by atoms with van der Waals surface area (Å²) in [7, 11) is 0. The van der Waals surface area contributed by atoms with Crippen LogP contribution in [0, 0.1) is 28.6 Å². The third kappa shape index (κ3) is 6.09. The van der Waals surface area contributed by atoms with Gasteiger partial charge in [0.15, 0.2) is 0 Å². The van der Waals surface area contributed by atoms with Crippen molar-refractivity contribution in [1.29, 1.82) is 0 Å². The molecule has 0 unspecified atom stereocenters. The molecule has 0 spiro atoms. The molecule has 226 valence electrons. The minimum absolute atomic E-state index is 0.0401. The van der Waals surface area contributed by atoms with E-state index in [4.69, 9.17) is 38.4 Å². The number of carbonyl (C=O) groups excluding carboxylic acids is 2. The van der Waals surface area contributed by atoms with E-state index in [0.29, 0.717) is 48.4 Å². The van der Waals surface area contributed by atoms with Crippen LogP contribution in [0.3, 0.4) is 0 Å². The Bertz CT molecular complexity index is 1120. The van der Waals surface area contributed by atoms with Crippen molar-refractivity contribution in [2.75, 3.05) is 42.9 Å². The highest BCUT2D eigenvalue weighted by atomic mass is 35.5. The van der Waals surface area contributed by atoms with Crippen molar-refractivity contribution in [2.45, 2.75) is 70.9 Å². The number of ether oxygens (including phenoxy) is 2. The molecule has 3 N–H and O–H groups in total. The molecule has 1 heterocycles. The zero-order valence-corrected chi connectivity index (χ0v) is 25.9. The first-order valence-electron chi connectivity index (χ1n) is 15.2. The minimum Gasteiger partial charge on any atom is -0.491 e. The minimum atomic E-state index is -0.852. The number of benzene rings is 1. The third-order valence-corrected chi connectivity index (χ3v) is 11.1. The second-order valence-electron chi connectivity index (χ2n) is 12.9. The highest BCUT2D eigenvalue weighted by Crippen LogP contribution is 2.65. The number of nitrogens with zero attached hydrogens (tertiary/aromatic N) is 1. The van der Waals surface area contributed by atoms with Gasteiger partial charge in [-0.15, -0.1) is 23.2 Å². The van der Waals surface area contributed by atoms with Crippen LogP contribution in [-0.2, 0) is 14.3 Å². The van der Waals surface area contributed by atoms with Gasteiger partial charge in [-0.2, -0.15) is 0 Å². The summed E-state index contributed by atoms with van der Waals surface area (Å²) in [6.45, 7) is 6.93. The van der Waals surface area contributed by atoms with Crippen molar-refractivity contribution in [3.63, 3.8) is 0 Å². The van der Waals surface area contributed by atoms with E-state index >= 15 is 0 Å². The Labute approximate surface area is 254 Å². The number of hydrogen-bond acceptors (Lipinski definition) is 6. The van der Waals surface area contributed by atoms with E-state index < -0.39 is 6.04 Å². The van der Waals surface area contributed by atoms with Gasteiger partial charge >= 0.3 is 5.97 Å². The molecule has 1 aliphatic heterocycles. The fourth-order valence-corrected chi connectivity index (χ4v) is 8.93. The summed E-state index contributed by atoms with van der Waals surface area (Å²) in [5.74, 6) is 3.04. The van der Waals surface area contributed by atoms with Gasteiger partial charge in [0, 0.05) is 48.6 Å². The van der Waals surface area contributed by atoms with Gasteiger partial charge < -0.3 is 25.4 Å². The van der Waals surface area contributed by atoms with Crippen LogP contribution < -0.4 is 20.7 Å². The maximum atomic E-state index is 13.1. The molecule has 41 heavy (non-hydrogen) atoms. The summed E-state index contributed by atoms with van der Waals surface area (Å²) in [4.78, 5) is 27.4. The first-order chi connectivity index (χ1) is 19.7. The standard InChI is InChI=1S/C32H45Cl2N3O4/c1-31-13-16-36-29(38)19-21(31)3-8-24-25-9-10-28(32(25,2)12-11-26(24)31)41-30(39)27(35)20-40-23-6-4-22(5-7-23)37(17-14-33)18-15-34/h4-7,19,24-28H,3,8-18,20,35H2,1-2H3,(H,36,38)/t24-,25-,26-,27-,28-,31-,32-/m0/s1. The van der Waals surface area contributed by atoms with Gasteiger partial charge in [-0.1, -0.05) is 19.4 Å². The summed E-state index contributed by atoms with van der Waals surface area (Å²) in [6.07, 6.45) is 8.95. The van der Waals surface area contributed by atoms with E-state index in [-0.39, 0.29) is 35.4 Å². The molecule has 3 fully saturated rings. The van der Waals surface area contributed by atoms with Crippen LogP contribution in [0.15, 0.2) is 35.9 Å². The molecule has 0 aromatic heterocycles. The summed E-state index contributed by atoms with van der Waals surface area (Å²) in [5, 5.41) is 3.05. The molecule has 0 saturated heterocycles. The van der Waals surface area contributed by atoms with Gasteiger partial charge in [0.1, 0.15) is 24.5 Å². The number of rotatable bonds is 10. The zero-order chi connectivity index (χ0) is 29.2. The van der Waals surface area contributed by atoms with Crippen molar-refractivity contribution in [1.82, 2.24) is 5.32 Å². The molecule has 9 heteroatoms. The van der Waals surface area contributed by atoms with E-state index in [9.17, 15) is 9.59 Å². The van der Waals surface area contributed by atoms with Gasteiger partial charge in [0.25, 0.3) is 0 Å². The Balaban J connectivity index is 1.17. The van der Waals surface area contributed by atoms with E-state index in [1.165, 1.54) is 5.57 Å². The number of hydrogen-bond donors (Lipinski definition) is 2. The number of alkyl halides is 2. The van der Waals surface area contributed by atoms with Crippen LogP contribution in [0.1, 0.15) is 58.8 Å². The first-order valence-corrected chi connectivity index (χ1v) is 16.3. The highest BCUT2D eigenvalue weighted by Gasteiger charge is 2.59. The summed E-state index contributed by atoms with van der Waals surface area (Å²) >= 11 is 11.8. The van der Waals surface area contributed by atoms with Gasteiger partial charge in [0.05, 0.1) is 0 Å². The lowest BCUT2D eigenvalue weighted by atomic mass is 9.48. The van der Waals surface area contributed by atoms with Crippen LogP contribution in [0.25, 0.3) is 0 Å². The Morgan fingerprint density at radius 3 is 2.51 bits per heavy atom. The van der Waals surface area contributed by atoms with Crippen molar-refractivity contribution in [3.05, 3.63) is 35.9 Å². The molecule has 7 nitrogen and oxygen atoms in total. The number of anilines is 1. The van der Waals surface area contributed by atoms with E-state index in [2.05, 4.69) is 24.1 Å². The molecule has 1 amide bonds. The summed E-state index contributed by atoms with van der Waals surface area (Å²) in [5.41, 5.74) is 8.64. The number of esters is 1. The summed E-state index contributed by atoms with van der Waals surface area (Å²) < 4.78 is 12.0. The second-order valence-corrected chi connectivity index (χ2v) is 13.6. The Hall–Kier alpha value is -1.96. The molecule has 0 radical (unpaired) electrons. The number of amides is 1. The largest absolute Gasteiger partial charge is 0.491 e. The lowest BCUT2D eigenvalue weighted by Gasteiger charge is -2.57. The fraction of sp³-hybridized carbons (Fsp3) is 0.688. The number of nitrogens with one attached hydrogen (secondary N) is 1. The number of nitrogens with two attached hydrogens (primary N) is 1. The van der Waals surface area contributed by atoms with Crippen LogP contribution in [0.2, 0.25) is 0 Å². The number of halogens is 2. The highest BCUT2D eigenvalue weighted by molar-refractivity contribution is 6.18. The molecular weight excluding hydrogens is 561 g/mol. The van der Waals surface area contributed by atoms with E-state index in [0.717, 1.165) is 57.2 Å². The second kappa shape index (κ2) is 12.7. The number of carbonyl (C=O) groups is 2. The molecule has 5 rings (SSSR count). The van der Waals surface area contributed by atoms with Gasteiger partial charge in [-0.05, 0) is 92.4 Å². The molecule has 3 aliphatic carbocycles. The van der Waals surface area contributed by atoms with Crippen LogP contribution >= 0.6 is 23.2 Å². The maximum Gasteiger partial charge on any atom is 0.326 e. The fourth-order valence-electron chi connectivity index (χ4n) is 8.52. The molecular formula is C32H45Cl2N3O4. The van der Waals surface area contributed by atoms with Gasteiger partial charge in [0.2, 0.25) is 5.91 Å². The third-order valence-electron chi connectivity index (χ3n) is 10.8. The van der Waals surface area contributed by atoms with Crippen LogP contribution in [-0.4, -0.2) is 62.0 Å². The molecule has 3 saturated carbocycles. The zero-order valence-electron chi connectivity index (χ0n) is 24.4. The predicted octanol–water partition coefficient (Wildman–Crippen LogP) is 5.28. The smallest absolute Gasteiger partial charge is 0.326 e. The van der Waals surface area contributed by atoms with Crippen LogP contribution in [0.4, 0.5) is 5.69 Å². The van der Waals surface area contributed by atoms with Crippen molar-refractivity contribution in [2.24, 2.45) is 34.3 Å². The van der Waals surface area contributed by atoms with Crippen molar-refractivity contribution < 1.29 is 19.1 Å². The Morgan fingerprint density at radius 2 is 1.80 bits per heavy atom. The lowest BCUT2D eigenvalue weighted by Crippen LogP contribution is -2.51.